The van der Waals surface area contributed by atoms with Crippen LogP contribution in [0.3, 0.4) is 0 Å². The molecule has 0 radical (unpaired) electrons. The largest absolute Gasteiger partial charge is 0.495 e. The molecular weight excluding hydrogens is 376 g/mol. The fourth-order valence-electron chi connectivity index (χ4n) is 3.29. The number of nitrogens with zero attached hydrogens (tertiary/aromatic N) is 3. The molecule has 0 unspecified atom stereocenters. The van der Waals surface area contributed by atoms with E-state index >= 15 is 0 Å². The van der Waals surface area contributed by atoms with Crippen LogP contribution in [0, 0.1) is 6.92 Å². The molecule has 7 heteroatoms. The predicted molar refractivity (Wildman–Crippen MR) is 110 cm³/mol. The summed E-state index contributed by atoms with van der Waals surface area (Å²) < 4.78 is 5.16. The number of anilines is 3. The number of aromatic nitrogens is 2. The smallest absolute Gasteiger partial charge is 0.277 e. The van der Waals surface area contributed by atoms with Crippen molar-refractivity contribution in [1.29, 1.82) is 0 Å². The van der Waals surface area contributed by atoms with Gasteiger partial charge in [-0.1, -0.05) is 29.8 Å². The van der Waals surface area contributed by atoms with E-state index in [-0.39, 0.29) is 5.91 Å². The van der Waals surface area contributed by atoms with Gasteiger partial charge in [0, 0.05) is 23.6 Å². The van der Waals surface area contributed by atoms with Crippen molar-refractivity contribution in [3.63, 3.8) is 0 Å². The van der Waals surface area contributed by atoms with Crippen LogP contribution in [0.2, 0.25) is 5.02 Å². The van der Waals surface area contributed by atoms with Crippen LogP contribution in [-0.2, 0) is 6.42 Å². The van der Waals surface area contributed by atoms with Gasteiger partial charge in [0.05, 0.1) is 12.1 Å². The number of carbonyl (C=O) groups is 1. The van der Waals surface area contributed by atoms with E-state index in [0.29, 0.717) is 40.3 Å². The van der Waals surface area contributed by atoms with Crippen LogP contribution >= 0.6 is 11.6 Å². The summed E-state index contributed by atoms with van der Waals surface area (Å²) in [5.74, 6) is 0.796. The number of ether oxygens (including phenoxy) is 1. The summed E-state index contributed by atoms with van der Waals surface area (Å²) in [5, 5.41) is 3.59. The molecule has 2 aromatic carbocycles. The number of hydrogen-bond donors (Lipinski definition) is 1. The molecule has 0 atom stereocenters. The number of fused-ring (bicyclic) bond motifs is 1. The summed E-state index contributed by atoms with van der Waals surface area (Å²) in [5.41, 5.74) is 3.88. The lowest BCUT2D eigenvalue weighted by Crippen LogP contribution is -2.30. The zero-order valence-electron chi connectivity index (χ0n) is 15.6. The van der Waals surface area contributed by atoms with Gasteiger partial charge in [0.1, 0.15) is 11.4 Å². The van der Waals surface area contributed by atoms with Gasteiger partial charge in [-0.15, -0.1) is 0 Å². The van der Waals surface area contributed by atoms with Crippen LogP contribution in [-0.4, -0.2) is 29.5 Å². The molecule has 1 aliphatic heterocycles. The zero-order chi connectivity index (χ0) is 19.7. The van der Waals surface area contributed by atoms with Crippen LogP contribution < -0.4 is 15.0 Å². The van der Waals surface area contributed by atoms with Crippen LogP contribution in [0.5, 0.6) is 5.75 Å². The van der Waals surface area contributed by atoms with Crippen molar-refractivity contribution < 1.29 is 9.53 Å². The van der Waals surface area contributed by atoms with Crippen molar-refractivity contribution in [2.75, 3.05) is 23.9 Å². The number of nitrogens with one attached hydrogen (secondary N) is 1. The molecule has 0 aliphatic carbocycles. The minimum atomic E-state index is -0.133. The molecule has 0 saturated heterocycles. The maximum absolute atomic E-state index is 13.1. The molecule has 1 N–H and O–H groups in total. The molecule has 142 valence electrons. The fourth-order valence-corrected chi connectivity index (χ4v) is 3.55. The molecule has 1 aliphatic rings. The molecule has 2 heterocycles. The number of halogens is 1. The van der Waals surface area contributed by atoms with E-state index in [4.69, 9.17) is 16.3 Å². The summed E-state index contributed by atoms with van der Waals surface area (Å²) in [7, 11) is 1.56. The van der Waals surface area contributed by atoms with Gasteiger partial charge in [-0.05, 0) is 49.2 Å². The van der Waals surface area contributed by atoms with Crippen molar-refractivity contribution >= 4 is 34.8 Å². The number of carbonyl (C=O) groups excluding carboxylic acids is 1. The summed E-state index contributed by atoms with van der Waals surface area (Å²) in [6.07, 6.45) is 0.849. The lowest BCUT2D eigenvalue weighted by Gasteiger charge is -2.17. The summed E-state index contributed by atoms with van der Waals surface area (Å²) in [4.78, 5) is 23.7. The number of methoxy groups -OCH3 is 1. The van der Waals surface area contributed by atoms with E-state index in [9.17, 15) is 4.79 Å². The molecule has 28 heavy (non-hydrogen) atoms. The third-order valence-electron chi connectivity index (χ3n) is 4.61. The summed E-state index contributed by atoms with van der Waals surface area (Å²) in [6.45, 7) is 2.49. The van der Waals surface area contributed by atoms with Gasteiger partial charge >= 0.3 is 0 Å². The minimum Gasteiger partial charge on any atom is -0.495 e. The topological polar surface area (TPSA) is 67.3 Å². The molecule has 0 bridgehead atoms. The van der Waals surface area contributed by atoms with E-state index < -0.39 is 0 Å². The van der Waals surface area contributed by atoms with Crippen LogP contribution in [0.15, 0.2) is 48.5 Å². The Morgan fingerprint density at radius 2 is 2.00 bits per heavy atom. The molecule has 4 rings (SSSR count). The van der Waals surface area contributed by atoms with Crippen molar-refractivity contribution in [2.24, 2.45) is 0 Å². The van der Waals surface area contributed by atoms with Crippen molar-refractivity contribution in [2.45, 2.75) is 13.3 Å². The van der Waals surface area contributed by atoms with Gasteiger partial charge in [-0.25, -0.2) is 9.97 Å². The van der Waals surface area contributed by atoms with E-state index in [2.05, 4.69) is 15.3 Å². The number of hydrogen-bond acceptors (Lipinski definition) is 5. The molecule has 0 spiro atoms. The van der Waals surface area contributed by atoms with Crippen LogP contribution in [0.25, 0.3) is 0 Å². The Kier molecular flexibility index (Phi) is 4.88. The molecule has 1 aromatic heterocycles. The second-order valence-corrected chi connectivity index (χ2v) is 6.94. The van der Waals surface area contributed by atoms with Crippen molar-refractivity contribution in [3.05, 3.63) is 70.5 Å². The molecule has 0 fully saturated rings. The Hall–Kier alpha value is -3.12. The van der Waals surface area contributed by atoms with Gasteiger partial charge in [0.2, 0.25) is 5.95 Å². The summed E-state index contributed by atoms with van der Waals surface area (Å²) in [6, 6.07) is 14.9. The van der Waals surface area contributed by atoms with Crippen molar-refractivity contribution in [3.8, 4) is 5.75 Å². The Morgan fingerprint density at radius 1 is 1.18 bits per heavy atom. The van der Waals surface area contributed by atoms with Crippen LogP contribution in [0.4, 0.5) is 17.3 Å². The van der Waals surface area contributed by atoms with Gasteiger partial charge in [0.15, 0.2) is 0 Å². The Bertz CT molecular complexity index is 1050. The highest BCUT2D eigenvalue weighted by Crippen LogP contribution is 2.30. The molecule has 0 saturated carbocycles. The van der Waals surface area contributed by atoms with Crippen molar-refractivity contribution in [1.82, 2.24) is 9.97 Å². The lowest BCUT2D eigenvalue weighted by molar-refractivity contribution is 0.0984. The second-order valence-electron chi connectivity index (χ2n) is 6.53. The standard InChI is InChI=1S/C21H19ClN4O2/c1-13-11-17(20(27)26-10-9-14-5-3-4-6-18(14)26)25-21(23-13)24-15-7-8-19(28-2)16(22)12-15/h3-8,11-12H,9-10H2,1-2H3,(H,23,24,25). The Labute approximate surface area is 168 Å². The highest BCUT2D eigenvalue weighted by molar-refractivity contribution is 6.32. The van der Waals surface area contributed by atoms with Gasteiger partial charge in [-0.2, -0.15) is 0 Å². The van der Waals surface area contributed by atoms with Gasteiger partial charge in [-0.3, -0.25) is 4.79 Å². The molecular formula is C21H19ClN4O2. The van der Waals surface area contributed by atoms with E-state index in [0.717, 1.165) is 12.1 Å². The normalized spacial score (nSPS) is 12.6. The van der Waals surface area contributed by atoms with Gasteiger partial charge in [0.25, 0.3) is 5.91 Å². The second kappa shape index (κ2) is 7.48. The molecule has 6 nitrogen and oxygen atoms in total. The zero-order valence-corrected chi connectivity index (χ0v) is 16.3. The highest BCUT2D eigenvalue weighted by atomic mass is 35.5. The molecule has 3 aromatic rings. The SMILES string of the molecule is COc1ccc(Nc2nc(C)cc(C(=O)N3CCc4ccccc43)n2)cc1Cl. The number of para-hydroxylation sites is 1. The number of amides is 1. The maximum Gasteiger partial charge on any atom is 0.277 e. The third kappa shape index (κ3) is 3.51. The van der Waals surface area contributed by atoms with E-state index in [1.165, 1.54) is 5.56 Å². The Morgan fingerprint density at radius 3 is 2.79 bits per heavy atom. The first kappa shape index (κ1) is 18.3. The van der Waals surface area contributed by atoms with Crippen LogP contribution in [0.1, 0.15) is 21.7 Å². The number of rotatable bonds is 4. The predicted octanol–water partition coefficient (Wildman–Crippen LogP) is 4.39. The minimum absolute atomic E-state index is 0.133. The highest BCUT2D eigenvalue weighted by Gasteiger charge is 2.26. The van der Waals surface area contributed by atoms with Gasteiger partial charge < -0.3 is 15.0 Å². The maximum atomic E-state index is 13.1. The number of benzene rings is 2. The van der Waals surface area contributed by atoms with E-state index in [1.807, 2.05) is 37.3 Å². The first-order chi connectivity index (χ1) is 13.5. The Balaban J connectivity index is 1.61. The monoisotopic (exact) mass is 394 g/mol. The molecule has 1 amide bonds. The average molecular weight is 395 g/mol. The average Bonchev–Trinajstić information content (AvgIpc) is 3.11. The third-order valence-corrected chi connectivity index (χ3v) is 4.91. The lowest BCUT2D eigenvalue weighted by atomic mass is 10.2. The van der Waals surface area contributed by atoms with E-state index in [1.54, 1.807) is 30.2 Å². The number of aryl methyl sites for hydroxylation is 1. The first-order valence-electron chi connectivity index (χ1n) is 8.91. The summed E-state index contributed by atoms with van der Waals surface area (Å²) >= 11 is 6.18. The quantitative estimate of drug-likeness (QED) is 0.710. The fraction of sp³-hybridized carbons (Fsp3) is 0.190. The first-order valence-corrected chi connectivity index (χ1v) is 9.29.